The van der Waals surface area contributed by atoms with Gasteiger partial charge in [0.2, 0.25) is 15.9 Å². The molecule has 116 valence electrons. The molecular formula is C13H25N3O3S. The molecule has 0 amide bonds. The van der Waals surface area contributed by atoms with E-state index in [1.807, 2.05) is 13.8 Å². The number of oxazole rings is 1. The van der Waals surface area contributed by atoms with Gasteiger partial charge in [-0.25, -0.2) is 18.1 Å². The molecule has 0 radical (unpaired) electrons. The van der Waals surface area contributed by atoms with E-state index in [4.69, 9.17) is 4.42 Å². The van der Waals surface area contributed by atoms with Gasteiger partial charge in [0.25, 0.3) is 0 Å². The van der Waals surface area contributed by atoms with Gasteiger partial charge in [0, 0.05) is 6.04 Å². The zero-order valence-electron chi connectivity index (χ0n) is 12.7. The number of hydrogen-bond acceptors (Lipinski definition) is 5. The van der Waals surface area contributed by atoms with Crippen LogP contribution in [-0.4, -0.2) is 31.7 Å². The minimum absolute atomic E-state index is 0.112. The summed E-state index contributed by atoms with van der Waals surface area (Å²) in [4.78, 5) is 4.14. The minimum Gasteiger partial charge on any atom is -0.444 e. The summed E-state index contributed by atoms with van der Waals surface area (Å²) in [7, 11) is -3.26. The second kappa shape index (κ2) is 7.75. The third kappa shape index (κ3) is 6.49. The van der Waals surface area contributed by atoms with Gasteiger partial charge in [-0.05, 0) is 33.2 Å². The number of aryl methyl sites for hydroxylation is 2. The van der Waals surface area contributed by atoms with Crippen LogP contribution >= 0.6 is 0 Å². The molecule has 2 N–H and O–H groups in total. The topological polar surface area (TPSA) is 84.2 Å². The van der Waals surface area contributed by atoms with E-state index in [1.165, 1.54) is 0 Å². The number of aromatic nitrogens is 1. The van der Waals surface area contributed by atoms with Crippen molar-refractivity contribution >= 4 is 10.0 Å². The largest absolute Gasteiger partial charge is 0.444 e. The Morgan fingerprint density at radius 1 is 1.25 bits per heavy atom. The molecule has 6 nitrogen and oxygen atoms in total. The Bertz CT molecular complexity index is 489. The Balaban J connectivity index is 2.27. The van der Waals surface area contributed by atoms with Crippen molar-refractivity contribution in [3.63, 3.8) is 0 Å². The van der Waals surface area contributed by atoms with E-state index < -0.39 is 10.0 Å². The molecule has 0 aromatic carbocycles. The summed E-state index contributed by atoms with van der Waals surface area (Å²) in [5.41, 5.74) is 0.791. The molecule has 0 saturated carbocycles. The van der Waals surface area contributed by atoms with Crippen molar-refractivity contribution in [1.82, 2.24) is 15.0 Å². The Morgan fingerprint density at radius 3 is 2.50 bits per heavy atom. The summed E-state index contributed by atoms with van der Waals surface area (Å²) in [5.74, 6) is 1.26. The maximum atomic E-state index is 11.8. The van der Waals surface area contributed by atoms with E-state index in [1.54, 1.807) is 0 Å². The molecule has 0 atom stereocenters. The maximum Gasteiger partial charge on any atom is 0.212 e. The van der Waals surface area contributed by atoms with Crippen molar-refractivity contribution in [3.8, 4) is 0 Å². The summed E-state index contributed by atoms with van der Waals surface area (Å²) >= 11 is 0. The molecule has 1 rings (SSSR count). The van der Waals surface area contributed by atoms with Crippen LogP contribution in [0.15, 0.2) is 4.42 Å². The van der Waals surface area contributed by atoms with Crippen LogP contribution in [0.5, 0.6) is 0 Å². The standard InChI is InChI=1S/C13H25N3O3S/c1-10(2)14-7-5-6-8-20(17,18)15-9-13-16-11(3)12(4)19-13/h10,14-15H,5-9H2,1-4H3. The van der Waals surface area contributed by atoms with Crippen LogP contribution in [0.3, 0.4) is 0 Å². The number of nitrogens with zero attached hydrogens (tertiary/aromatic N) is 1. The average Bonchev–Trinajstić information content (AvgIpc) is 2.66. The second-order valence-corrected chi connectivity index (χ2v) is 7.13. The van der Waals surface area contributed by atoms with Crippen LogP contribution in [0.4, 0.5) is 0 Å². The van der Waals surface area contributed by atoms with Crippen molar-refractivity contribution in [2.45, 2.75) is 53.1 Å². The zero-order valence-corrected chi connectivity index (χ0v) is 13.5. The quantitative estimate of drug-likeness (QED) is 0.675. The van der Waals surface area contributed by atoms with Crippen LogP contribution in [0, 0.1) is 13.8 Å². The molecule has 0 aliphatic carbocycles. The molecule has 0 bridgehead atoms. The molecule has 0 spiro atoms. The van der Waals surface area contributed by atoms with Gasteiger partial charge in [0.05, 0.1) is 18.0 Å². The highest BCUT2D eigenvalue weighted by molar-refractivity contribution is 7.89. The molecule has 20 heavy (non-hydrogen) atoms. The highest BCUT2D eigenvalue weighted by Gasteiger charge is 2.12. The van der Waals surface area contributed by atoms with E-state index >= 15 is 0 Å². The smallest absolute Gasteiger partial charge is 0.212 e. The lowest BCUT2D eigenvalue weighted by Crippen LogP contribution is -2.27. The van der Waals surface area contributed by atoms with Crippen LogP contribution in [0.1, 0.15) is 44.0 Å². The first kappa shape index (κ1) is 17.1. The van der Waals surface area contributed by atoms with E-state index in [2.05, 4.69) is 28.9 Å². The molecule has 0 unspecified atom stereocenters. The Hall–Kier alpha value is -0.920. The first-order chi connectivity index (χ1) is 9.30. The number of rotatable bonds is 9. The minimum atomic E-state index is -3.26. The van der Waals surface area contributed by atoms with Crippen molar-refractivity contribution in [1.29, 1.82) is 0 Å². The highest BCUT2D eigenvalue weighted by Crippen LogP contribution is 2.08. The lowest BCUT2D eigenvalue weighted by molar-refractivity contribution is 0.462. The van der Waals surface area contributed by atoms with E-state index in [0.717, 1.165) is 24.4 Å². The maximum absolute atomic E-state index is 11.8. The summed E-state index contributed by atoms with van der Waals surface area (Å²) < 4.78 is 31.4. The predicted molar refractivity (Wildman–Crippen MR) is 79.0 cm³/mol. The van der Waals surface area contributed by atoms with Crippen LogP contribution in [-0.2, 0) is 16.6 Å². The molecule has 0 saturated heterocycles. The molecular weight excluding hydrogens is 278 g/mol. The third-order valence-electron chi connectivity index (χ3n) is 2.91. The molecule has 1 aromatic rings. The Morgan fingerprint density at radius 2 is 1.95 bits per heavy atom. The fourth-order valence-corrected chi connectivity index (χ4v) is 2.74. The number of sulfonamides is 1. The molecule has 7 heteroatoms. The van der Waals surface area contributed by atoms with Gasteiger partial charge in [-0.1, -0.05) is 13.8 Å². The first-order valence-electron chi connectivity index (χ1n) is 6.94. The molecule has 1 heterocycles. The van der Waals surface area contributed by atoms with Gasteiger partial charge in [0.1, 0.15) is 5.76 Å². The first-order valence-corrected chi connectivity index (χ1v) is 8.59. The fraction of sp³-hybridized carbons (Fsp3) is 0.769. The Labute approximate surface area is 121 Å². The molecule has 0 fully saturated rings. The van der Waals surface area contributed by atoms with Gasteiger partial charge in [-0.2, -0.15) is 0 Å². The van der Waals surface area contributed by atoms with Crippen molar-refractivity contribution in [3.05, 3.63) is 17.3 Å². The van der Waals surface area contributed by atoms with Crippen molar-refractivity contribution in [2.75, 3.05) is 12.3 Å². The number of nitrogens with one attached hydrogen (secondary N) is 2. The van der Waals surface area contributed by atoms with Crippen LogP contribution < -0.4 is 10.0 Å². The average molecular weight is 303 g/mol. The lowest BCUT2D eigenvalue weighted by Gasteiger charge is -2.08. The van der Waals surface area contributed by atoms with Crippen LogP contribution in [0.25, 0.3) is 0 Å². The van der Waals surface area contributed by atoms with Gasteiger partial charge in [-0.3, -0.25) is 0 Å². The van der Waals surface area contributed by atoms with Gasteiger partial charge in [-0.15, -0.1) is 0 Å². The lowest BCUT2D eigenvalue weighted by atomic mass is 10.3. The predicted octanol–water partition coefficient (Wildman–Crippen LogP) is 1.49. The van der Waals surface area contributed by atoms with E-state index in [9.17, 15) is 8.42 Å². The normalized spacial score (nSPS) is 12.2. The summed E-state index contributed by atoms with van der Waals surface area (Å²) in [6.07, 6.45) is 1.48. The Kier molecular flexibility index (Phi) is 6.64. The fourth-order valence-electron chi connectivity index (χ4n) is 1.67. The van der Waals surface area contributed by atoms with E-state index in [0.29, 0.717) is 18.4 Å². The molecule has 0 aliphatic heterocycles. The monoisotopic (exact) mass is 303 g/mol. The zero-order chi connectivity index (χ0) is 15.2. The second-order valence-electron chi connectivity index (χ2n) is 5.21. The molecule has 0 aliphatic rings. The van der Waals surface area contributed by atoms with Gasteiger partial charge < -0.3 is 9.73 Å². The molecule has 1 aromatic heterocycles. The number of unbranched alkanes of at least 4 members (excludes halogenated alkanes) is 1. The summed E-state index contributed by atoms with van der Waals surface area (Å²) in [5, 5.41) is 3.26. The summed E-state index contributed by atoms with van der Waals surface area (Å²) in [6.45, 7) is 8.73. The van der Waals surface area contributed by atoms with Crippen LogP contribution in [0.2, 0.25) is 0 Å². The number of hydrogen-bond donors (Lipinski definition) is 2. The van der Waals surface area contributed by atoms with Crippen molar-refractivity contribution < 1.29 is 12.8 Å². The van der Waals surface area contributed by atoms with Crippen molar-refractivity contribution in [2.24, 2.45) is 0 Å². The summed E-state index contributed by atoms with van der Waals surface area (Å²) in [6, 6.07) is 0.432. The third-order valence-corrected chi connectivity index (χ3v) is 4.32. The van der Waals surface area contributed by atoms with Gasteiger partial charge in [0.15, 0.2) is 0 Å². The highest BCUT2D eigenvalue weighted by atomic mass is 32.2. The van der Waals surface area contributed by atoms with E-state index in [-0.39, 0.29) is 12.3 Å². The van der Waals surface area contributed by atoms with Gasteiger partial charge >= 0.3 is 0 Å². The SMILES string of the molecule is Cc1nc(CNS(=O)(=O)CCCCNC(C)C)oc1C.